The Balaban J connectivity index is 3.00. The first kappa shape index (κ1) is 15.0. The number of halogens is 2. The van der Waals surface area contributed by atoms with Gasteiger partial charge >= 0.3 is 0 Å². The van der Waals surface area contributed by atoms with Crippen LogP contribution < -0.4 is 11.1 Å². The molecule has 0 radical (unpaired) electrons. The zero-order valence-electron chi connectivity index (χ0n) is 10.2. The highest BCUT2D eigenvalue weighted by atomic mass is 19.1. The van der Waals surface area contributed by atoms with Gasteiger partial charge in [0.25, 0.3) is 5.69 Å². The van der Waals surface area contributed by atoms with Crippen LogP contribution in [0.3, 0.4) is 0 Å². The molecular weight excluding hydrogens is 260 g/mol. The molecule has 0 aliphatic carbocycles. The van der Waals surface area contributed by atoms with Crippen molar-refractivity contribution in [3.63, 3.8) is 0 Å². The van der Waals surface area contributed by atoms with Crippen molar-refractivity contribution in [2.45, 2.75) is 25.8 Å². The molecule has 1 unspecified atom stereocenters. The van der Waals surface area contributed by atoms with Gasteiger partial charge in [-0.25, -0.2) is 8.78 Å². The van der Waals surface area contributed by atoms with Gasteiger partial charge in [0, 0.05) is 18.5 Å². The van der Waals surface area contributed by atoms with Crippen molar-refractivity contribution in [3.8, 4) is 0 Å². The topological polar surface area (TPSA) is 98.3 Å². The fraction of sp³-hybridized carbons (Fsp3) is 0.364. The molecule has 0 heterocycles. The number of nitrogens with zero attached hydrogens (tertiary/aromatic N) is 1. The Morgan fingerprint density at radius 1 is 1.53 bits per heavy atom. The molecule has 1 aromatic rings. The van der Waals surface area contributed by atoms with Crippen LogP contribution in [0, 0.1) is 21.7 Å². The number of carbonyl (C=O) groups is 1. The minimum Gasteiger partial charge on any atom is -0.327 e. The Morgan fingerprint density at radius 3 is 2.68 bits per heavy atom. The summed E-state index contributed by atoms with van der Waals surface area (Å²) in [7, 11) is 0. The van der Waals surface area contributed by atoms with Crippen LogP contribution in [0.25, 0.3) is 0 Å². The maximum atomic E-state index is 13.5. The summed E-state index contributed by atoms with van der Waals surface area (Å²) in [6.45, 7) is 1.76. The maximum Gasteiger partial charge on any atom is 0.298 e. The van der Waals surface area contributed by atoms with Crippen molar-refractivity contribution in [2.75, 3.05) is 5.32 Å². The smallest absolute Gasteiger partial charge is 0.298 e. The highest BCUT2D eigenvalue weighted by molar-refractivity contribution is 5.93. The molecule has 0 saturated carbocycles. The van der Waals surface area contributed by atoms with Crippen molar-refractivity contribution in [3.05, 3.63) is 33.9 Å². The van der Waals surface area contributed by atoms with E-state index in [2.05, 4.69) is 5.32 Å². The molecule has 104 valence electrons. The molecule has 0 bridgehead atoms. The van der Waals surface area contributed by atoms with Gasteiger partial charge < -0.3 is 11.1 Å². The zero-order chi connectivity index (χ0) is 14.6. The van der Waals surface area contributed by atoms with Crippen LogP contribution in [0.4, 0.5) is 20.2 Å². The van der Waals surface area contributed by atoms with Crippen LogP contribution >= 0.6 is 0 Å². The van der Waals surface area contributed by atoms with E-state index in [1.165, 1.54) is 0 Å². The lowest BCUT2D eigenvalue weighted by Crippen LogP contribution is -2.26. The third-order valence-electron chi connectivity index (χ3n) is 2.47. The lowest BCUT2D eigenvalue weighted by molar-refractivity contribution is -0.384. The highest BCUT2D eigenvalue weighted by Crippen LogP contribution is 2.28. The molecule has 0 fully saturated rings. The largest absolute Gasteiger partial charge is 0.327 e. The summed E-state index contributed by atoms with van der Waals surface area (Å²) in [6.07, 6.45) is 0.423. The number of carbonyl (C=O) groups excluding carboxylic acids is 1. The van der Waals surface area contributed by atoms with E-state index in [0.29, 0.717) is 18.6 Å². The molecule has 6 nitrogen and oxygen atoms in total. The number of hydrogen-bond donors (Lipinski definition) is 2. The normalized spacial score (nSPS) is 12.0. The van der Waals surface area contributed by atoms with E-state index >= 15 is 0 Å². The number of nitrogens with two attached hydrogens (primary N) is 1. The molecule has 0 saturated heterocycles. The first-order valence-electron chi connectivity index (χ1n) is 5.54. The summed E-state index contributed by atoms with van der Waals surface area (Å²) in [5.41, 5.74) is 4.05. The first-order chi connectivity index (χ1) is 8.85. The van der Waals surface area contributed by atoms with Crippen LogP contribution in [0.2, 0.25) is 0 Å². The second kappa shape index (κ2) is 6.19. The number of nitro groups is 1. The van der Waals surface area contributed by atoms with Gasteiger partial charge in [-0.05, 0) is 6.42 Å². The minimum absolute atomic E-state index is 0.107. The quantitative estimate of drug-likeness (QED) is 0.632. The third kappa shape index (κ3) is 3.95. The fourth-order valence-corrected chi connectivity index (χ4v) is 1.40. The van der Waals surface area contributed by atoms with Crippen molar-refractivity contribution < 1.29 is 18.5 Å². The Hall–Kier alpha value is -2.09. The van der Waals surface area contributed by atoms with Gasteiger partial charge in [-0.1, -0.05) is 6.92 Å². The lowest BCUT2D eigenvalue weighted by Gasteiger charge is -2.10. The standard InChI is InChI=1S/C11H13F2N3O3/c1-2-7(14)5-10(17)15-11-8(13)3-6(12)4-9(11)16(18)19/h3-4,7H,2,5,14H2,1H3,(H,15,17). The summed E-state index contributed by atoms with van der Waals surface area (Å²) < 4.78 is 26.4. The molecule has 19 heavy (non-hydrogen) atoms. The van der Waals surface area contributed by atoms with E-state index in [1.54, 1.807) is 6.92 Å². The molecule has 0 aliphatic rings. The van der Waals surface area contributed by atoms with Crippen LogP contribution in [0.1, 0.15) is 19.8 Å². The molecule has 8 heteroatoms. The van der Waals surface area contributed by atoms with E-state index in [0.717, 1.165) is 0 Å². The average molecular weight is 273 g/mol. The first-order valence-corrected chi connectivity index (χ1v) is 5.54. The zero-order valence-corrected chi connectivity index (χ0v) is 10.2. The SMILES string of the molecule is CCC(N)CC(=O)Nc1c(F)cc(F)cc1[N+](=O)[O-]. The summed E-state index contributed by atoms with van der Waals surface area (Å²) in [6, 6.07) is 0.573. The number of nitro benzene ring substituents is 1. The summed E-state index contributed by atoms with van der Waals surface area (Å²) in [5.74, 6) is -2.96. The van der Waals surface area contributed by atoms with Crippen molar-refractivity contribution in [1.82, 2.24) is 0 Å². The van der Waals surface area contributed by atoms with Crippen molar-refractivity contribution in [1.29, 1.82) is 0 Å². The summed E-state index contributed by atoms with van der Waals surface area (Å²) in [5, 5.41) is 12.7. The van der Waals surface area contributed by atoms with Crippen LogP contribution in [0.15, 0.2) is 12.1 Å². The molecule has 1 atom stereocenters. The predicted molar refractivity (Wildman–Crippen MR) is 64.5 cm³/mol. The van der Waals surface area contributed by atoms with E-state index in [1.807, 2.05) is 0 Å². The number of hydrogen-bond acceptors (Lipinski definition) is 4. The average Bonchev–Trinajstić information content (AvgIpc) is 2.31. The van der Waals surface area contributed by atoms with Gasteiger partial charge in [-0.3, -0.25) is 14.9 Å². The molecule has 1 amide bonds. The Bertz CT molecular complexity index is 508. The monoisotopic (exact) mass is 273 g/mol. The summed E-state index contributed by atoms with van der Waals surface area (Å²) in [4.78, 5) is 21.2. The van der Waals surface area contributed by atoms with Crippen LogP contribution in [0.5, 0.6) is 0 Å². The molecule has 1 rings (SSSR count). The van der Waals surface area contributed by atoms with Gasteiger partial charge in [0.2, 0.25) is 5.91 Å². The number of anilines is 1. The number of amides is 1. The van der Waals surface area contributed by atoms with Gasteiger partial charge in [0.05, 0.1) is 11.0 Å². The van der Waals surface area contributed by atoms with Crippen LogP contribution in [-0.4, -0.2) is 16.9 Å². The number of nitrogens with one attached hydrogen (secondary N) is 1. The Kier molecular flexibility index (Phi) is 4.87. The van der Waals surface area contributed by atoms with E-state index < -0.39 is 39.9 Å². The van der Waals surface area contributed by atoms with Crippen LogP contribution in [-0.2, 0) is 4.79 Å². The Morgan fingerprint density at radius 2 is 2.16 bits per heavy atom. The fourth-order valence-electron chi connectivity index (χ4n) is 1.40. The van der Waals surface area contributed by atoms with E-state index in [9.17, 15) is 23.7 Å². The molecular formula is C11H13F2N3O3. The third-order valence-corrected chi connectivity index (χ3v) is 2.47. The second-order valence-corrected chi connectivity index (χ2v) is 3.96. The van der Waals surface area contributed by atoms with Gasteiger partial charge in [0.15, 0.2) is 11.5 Å². The molecule has 0 aliphatic heterocycles. The maximum absolute atomic E-state index is 13.5. The number of benzene rings is 1. The van der Waals surface area contributed by atoms with Crippen molar-refractivity contribution in [2.24, 2.45) is 5.73 Å². The second-order valence-electron chi connectivity index (χ2n) is 3.96. The van der Waals surface area contributed by atoms with E-state index in [4.69, 9.17) is 5.73 Å². The highest BCUT2D eigenvalue weighted by Gasteiger charge is 2.22. The molecule has 0 spiro atoms. The minimum atomic E-state index is -1.20. The summed E-state index contributed by atoms with van der Waals surface area (Å²) >= 11 is 0. The Labute approximate surface area is 107 Å². The van der Waals surface area contributed by atoms with Gasteiger partial charge in [0.1, 0.15) is 5.82 Å². The van der Waals surface area contributed by atoms with Gasteiger partial charge in [-0.15, -0.1) is 0 Å². The molecule has 3 N–H and O–H groups in total. The lowest BCUT2D eigenvalue weighted by atomic mass is 10.1. The number of rotatable bonds is 5. The van der Waals surface area contributed by atoms with E-state index in [-0.39, 0.29) is 6.42 Å². The van der Waals surface area contributed by atoms with Gasteiger partial charge in [-0.2, -0.15) is 0 Å². The molecule has 1 aromatic carbocycles. The van der Waals surface area contributed by atoms with Crippen molar-refractivity contribution >= 4 is 17.3 Å². The molecule has 0 aromatic heterocycles. The predicted octanol–water partition coefficient (Wildman–Crippen LogP) is 1.94.